The molecule has 0 spiro atoms. The Hall–Kier alpha value is -2.55. The number of carbonyl (C=O) groups is 1. The molecular weight excluding hydrogens is 396 g/mol. The molecular formula is C20H25F2N5OS. The lowest BCUT2D eigenvalue weighted by atomic mass is 10.0. The molecule has 6 nitrogen and oxygen atoms in total. The van der Waals surface area contributed by atoms with E-state index in [0.717, 1.165) is 17.1 Å². The molecule has 2 heterocycles. The topological polar surface area (TPSA) is 61.4 Å². The number of anilines is 2. The molecule has 1 aromatic carbocycles. The van der Waals surface area contributed by atoms with Gasteiger partial charge in [0.15, 0.2) is 0 Å². The van der Waals surface area contributed by atoms with Gasteiger partial charge in [-0.3, -0.25) is 5.32 Å². The predicted octanol–water partition coefficient (Wildman–Crippen LogP) is 4.68. The van der Waals surface area contributed by atoms with Crippen LogP contribution in [0.5, 0.6) is 0 Å². The number of urea groups is 1. The van der Waals surface area contributed by atoms with Gasteiger partial charge >= 0.3 is 6.03 Å². The summed E-state index contributed by atoms with van der Waals surface area (Å²) in [6.45, 7) is 7.99. The molecule has 1 aliphatic heterocycles. The van der Waals surface area contributed by atoms with Crippen LogP contribution in [0.25, 0.3) is 6.08 Å². The molecule has 0 unspecified atom stereocenters. The van der Waals surface area contributed by atoms with Gasteiger partial charge in [-0.1, -0.05) is 5.57 Å². The van der Waals surface area contributed by atoms with E-state index in [1.807, 2.05) is 18.7 Å². The fraction of sp³-hybridized carbons (Fsp3) is 0.450. The maximum Gasteiger partial charge on any atom is 0.323 e. The van der Waals surface area contributed by atoms with E-state index in [9.17, 15) is 13.6 Å². The van der Waals surface area contributed by atoms with E-state index in [0.29, 0.717) is 55.7 Å². The molecule has 1 aliphatic rings. The maximum absolute atomic E-state index is 14.6. The summed E-state index contributed by atoms with van der Waals surface area (Å²) in [6, 6.07) is 2.53. The van der Waals surface area contributed by atoms with Crippen molar-refractivity contribution in [3.8, 4) is 0 Å². The number of rotatable bonds is 5. The summed E-state index contributed by atoms with van der Waals surface area (Å²) >= 11 is 1.14. The molecule has 0 atom stereocenters. The molecule has 9 heteroatoms. The fourth-order valence-electron chi connectivity index (χ4n) is 3.34. The Balaban J connectivity index is 1.65. The normalized spacial score (nSPS) is 14.1. The third-order valence-electron chi connectivity index (χ3n) is 4.98. The summed E-state index contributed by atoms with van der Waals surface area (Å²) < 4.78 is 33.1. The van der Waals surface area contributed by atoms with E-state index in [-0.39, 0.29) is 11.6 Å². The molecule has 2 amide bonds. The zero-order valence-electron chi connectivity index (χ0n) is 16.8. The molecule has 3 rings (SSSR count). The first-order chi connectivity index (χ1) is 13.9. The summed E-state index contributed by atoms with van der Waals surface area (Å²) in [7, 11) is 0. The molecule has 156 valence electrons. The quantitative estimate of drug-likeness (QED) is 0.761. The number of carbonyl (C=O) groups excluding carboxylic acids is 1. The zero-order chi connectivity index (χ0) is 21.0. The van der Waals surface area contributed by atoms with E-state index in [2.05, 4.69) is 14.7 Å². The van der Waals surface area contributed by atoms with Crippen molar-refractivity contribution in [2.45, 2.75) is 33.6 Å². The van der Waals surface area contributed by atoms with Crippen molar-refractivity contribution in [2.75, 3.05) is 36.4 Å². The highest BCUT2D eigenvalue weighted by Crippen LogP contribution is 2.27. The summed E-state index contributed by atoms with van der Waals surface area (Å²) in [6.07, 6.45) is 2.72. The van der Waals surface area contributed by atoms with Crippen molar-refractivity contribution in [1.29, 1.82) is 0 Å². The molecule has 0 radical (unpaired) electrons. The standard InChI is InChI=1S/C20H25F2N5OS/c1-4-26(5-2)15-11-17(21)16(18(22)12-15)10-14-6-8-27(9-7-14)20(28)24-19-23-13(3)25-29-19/h10-12H,4-9H2,1-3H3,(H,23,24,25,28). The van der Waals surface area contributed by atoms with Crippen LogP contribution < -0.4 is 10.2 Å². The van der Waals surface area contributed by atoms with Crippen molar-refractivity contribution >= 4 is 34.5 Å². The van der Waals surface area contributed by atoms with Gasteiger partial charge in [-0.05, 0) is 51.8 Å². The van der Waals surface area contributed by atoms with Crippen LogP contribution in [0.3, 0.4) is 0 Å². The molecule has 1 saturated heterocycles. The van der Waals surface area contributed by atoms with Gasteiger partial charge in [-0.15, -0.1) is 0 Å². The summed E-state index contributed by atoms with van der Waals surface area (Å²) in [5, 5.41) is 3.19. The van der Waals surface area contributed by atoms with Gasteiger partial charge in [0.25, 0.3) is 0 Å². The highest BCUT2D eigenvalue weighted by molar-refractivity contribution is 7.09. The van der Waals surface area contributed by atoms with E-state index in [4.69, 9.17) is 0 Å². The average molecular weight is 422 g/mol. The highest BCUT2D eigenvalue weighted by Gasteiger charge is 2.21. The molecule has 2 aromatic rings. The molecule has 0 bridgehead atoms. The number of benzene rings is 1. The number of aryl methyl sites for hydroxylation is 1. The lowest BCUT2D eigenvalue weighted by Gasteiger charge is -2.28. The maximum atomic E-state index is 14.6. The van der Waals surface area contributed by atoms with Crippen molar-refractivity contribution in [2.24, 2.45) is 0 Å². The lowest BCUT2D eigenvalue weighted by molar-refractivity contribution is 0.208. The monoisotopic (exact) mass is 421 g/mol. The number of amides is 2. The van der Waals surface area contributed by atoms with Gasteiger partial charge in [0.2, 0.25) is 5.13 Å². The summed E-state index contributed by atoms with van der Waals surface area (Å²) in [4.78, 5) is 20.0. The van der Waals surface area contributed by atoms with Gasteiger partial charge in [-0.2, -0.15) is 4.37 Å². The van der Waals surface area contributed by atoms with Gasteiger partial charge in [0.05, 0.1) is 0 Å². The molecule has 1 aromatic heterocycles. The Morgan fingerprint density at radius 2 is 1.86 bits per heavy atom. The van der Waals surface area contributed by atoms with Gasteiger partial charge < -0.3 is 9.80 Å². The largest absolute Gasteiger partial charge is 0.372 e. The van der Waals surface area contributed by atoms with Crippen molar-refractivity contribution in [3.05, 3.63) is 40.7 Å². The lowest BCUT2D eigenvalue weighted by Crippen LogP contribution is -2.39. The number of aromatic nitrogens is 2. The molecule has 29 heavy (non-hydrogen) atoms. The number of piperidine rings is 1. The molecule has 0 aliphatic carbocycles. The van der Waals surface area contributed by atoms with Crippen LogP contribution >= 0.6 is 11.5 Å². The van der Waals surface area contributed by atoms with Crippen LogP contribution in [-0.4, -0.2) is 46.5 Å². The van der Waals surface area contributed by atoms with Crippen LogP contribution in [-0.2, 0) is 0 Å². The fourth-order valence-corrected chi connectivity index (χ4v) is 3.91. The van der Waals surface area contributed by atoms with E-state index in [1.165, 1.54) is 12.1 Å². The van der Waals surface area contributed by atoms with Crippen LogP contribution in [0.4, 0.5) is 24.4 Å². The second kappa shape index (κ2) is 9.30. The minimum Gasteiger partial charge on any atom is -0.372 e. The number of nitrogens with one attached hydrogen (secondary N) is 1. The first-order valence-corrected chi connectivity index (χ1v) is 10.5. The molecule has 1 N–H and O–H groups in total. The van der Waals surface area contributed by atoms with Crippen LogP contribution in [0.15, 0.2) is 17.7 Å². The number of nitrogens with zero attached hydrogens (tertiary/aromatic N) is 4. The second-order valence-electron chi connectivity index (χ2n) is 6.86. The highest BCUT2D eigenvalue weighted by atomic mass is 32.1. The zero-order valence-corrected chi connectivity index (χ0v) is 17.7. The smallest absolute Gasteiger partial charge is 0.323 e. The minimum atomic E-state index is -0.564. The van der Waals surface area contributed by atoms with Crippen LogP contribution in [0.2, 0.25) is 0 Å². The van der Waals surface area contributed by atoms with E-state index in [1.54, 1.807) is 17.9 Å². The van der Waals surface area contributed by atoms with Crippen molar-refractivity contribution in [3.63, 3.8) is 0 Å². The van der Waals surface area contributed by atoms with Crippen molar-refractivity contribution in [1.82, 2.24) is 14.3 Å². The number of hydrogen-bond acceptors (Lipinski definition) is 5. The third kappa shape index (κ3) is 5.09. The number of hydrogen-bond donors (Lipinski definition) is 1. The summed E-state index contributed by atoms with van der Waals surface area (Å²) in [5.41, 5.74) is 1.46. The van der Waals surface area contributed by atoms with Gasteiger partial charge in [0.1, 0.15) is 17.5 Å². The Morgan fingerprint density at radius 3 is 2.38 bits per heavy atom. The predicted molar refractivity (Wildman–Crippen MR) is 112 cm³/mol. The number of likely N-dealkylation sites (tertiary alicyclic amines) is 1. The Kier molecular flexibility index (Phi) is 6.79. The van der Waals surface area contributed by atoms with E-state index >= 15 is 0 Å². The first-order valence-electron chi connectivity index (χ1n) is 9.71. The summed E-state index contributed by atoms with van der Waals surface area (Å²) in [5.74, 6) is -0.511. The molecule has 1 fully saturated rings. The second-order valence-corrected chi connectivity index (χ2v) is 7.61. The van der Waals surface area contributed by atoms with E-state index < -0.39 is 11.6 Å². The average Bonchev–Trinajstić information content (AvgIpc) is 3.11. The Bertz CT molecular complexity index is 877. The Morgan fingerprint density at radius 1 is 1.24 bits per heavy atom. The molecule has 0 saturated carbocycles. The van der Waals surface area contributed by atoms with Crippen molar-refractivity contribution < 1.29 is 13.6 Å². The SMILES string of the molecule is CCN(CC)c1cc(F)c(C=C2CCN(C(=O)Nc3nc(C)ns3)CC2)c(F)c1. The number of halogens is 2. The van der Waals surface area contributed by atoms with Crippen LogP contribution in [0.1, 0.15) is 38.1 Å². The Labute approximate surface area is 173 Å². The minimum absolute atomic E-state index is 0.0156. The van der Waals surface area contributed by atoms with Crippen LogP contribution in [0, 0.1) is 18.6 Å². The van der Waals surface area contributed by atoms with Gasteiger partial charge in [-0.25, -0.2) is 18.6 Å². The first kappa shape index (κ1) is 21.2. The van der Waals surface area contributed by atoms with Gasteiger partial charge in [0, 0.05) is 49.0 Å². The third-order valence-corrected chi connectivity index (χ3v) is 5.70.